The summed E-state index contributed by atoms with van der Waals surface area (Å²) in [5.41, 5.74) is 3.13. The molecule has 0 fully saturated rings. The second kappa shape index (κ2) is 9.28. The van der Waals surface area contributed by atoms with Crippen molar-refractivity contribution >= 4 is 17.2 Å². The highest BCUT2D eigenvalue weighted by Gasteiger charge is 2.12. The molecule has 3 aromatic rings. The Balaban J connectivity index is 1.49. The van der Waals surface area contributed by atoms with E-state index in [0.29, 0.717) is 19.4 Å². The molecule has 0 unspecified atom stereocenters. The van der Waals surface area contributed by atoms with Gasteiger partial charge in [-0.15, -0.1) is 11.3 Å². The van der Waals surface area contributed by atoms with E-state index in [-0.39, 0.29) is 5.91 Å². The van der Waals surface area contributed by atoms with Gasteiger partial charge in [-0.25, -0.2) is 4.98 Å². The van der Waals surface area contributed by atoms with Gasteiger partial charge in [0.15, 0.2) is 0 Å². The van der Waals surface area contributed by atoms with Gasteiger partial charge in [0.05, 0.1) is 12.8 Å². The summed E-state index contributed by atoms with van der Waals surface area (Å²) < 4.78 is 5.37. The lowest BCUT2D eigenvalue weighted by Gasteiger charge is -2.17. The number of pyridine rings is 1. The maximum atomic E-state index is 12.4. The number of para-hydroxylation sites is 1. The van der Waals surface area contributed by atoms with Crippen molar-refractivity contribution < 1.29 is 9.53 Å². The van der Waals surface area contributed by atoms with Gasteiger partial charge in [0.25, 0.3) is 0 Å². The maximum absolute atomic E-state index is 12.4. The number of methoxy groups -OCH3 is 1. The predicted octanol–water partition coefficient (Wildman–Crippen LogP) is 3.85. The first-order chi connectivity index (χ1) is 13.2. The number of carbonyl (C=O) groups excluding carboxylic acids is 1. The van der Waals surface area contributed by atoms with Gasteiger partial charge in [0.2, 0.25) is 5.91 Å². The number of likely N-dealkylation sites (N-methyl/N-ethyl adjacent to an activating group) is 1. The molecule has 0 aliphatic carbocycles. The highest BCUT2D eigenvalue weighted by molar-refractivity contribution is 7.13. The predicted molar refractivity (Wildman–Crippen MR) is 108 cm³/mol. The smallest absolute Gasteiger partial charge is 0.222 e. The number of amides is 1. The quantitative estimate of drug-likeness (QED) is 0.595. The van der Waals surface area contributed by atoms with Crippen LogP contribution in [-0.2, 0) is 17.6 Å². The van der Waals surface area contributed by atoms with E-state index in [9.17, 15) is 4.79 Å². The van der Waals surface area contributed by atoms with Crippen molar-refractivity contribution in [2.75, 3.05) is 20.7 Å². The van der Waals surface area contributed by atoms with E-state index in [0.717, 1.165) is 34.0 Å². The highest BCUT2D eigenvalue weighted by atomic mass is 32.1. The number of hydrogen-bond donors (Lipinski definition) is 0. The first-order valence-corrected chi connectivity index (χ1v) is 9.76. The van der Waals surface area contributed by atoms with Crippen molar-refractivity contribution in [3.63, 3.8) is 0 Å². The zero-order valence-corrected chi connectivity index (χ0v) is 16.4. The number of aromatic nitrogens is 2. The molecular weight excluding hydrogens is 358 g/mol. The Kier molecular flexibility index (Phi) is 6.54. The van der Waals surface area contributed by atoms with Crippen LogP contribution in [0.15, 0.2) is 54.2 Å². The van der Waals surface area contributed by atoms with Gasteiger partial charge < -0.3 is 9.64 Å². The van der Waals surface area contributed by atoms with Gasteiger partial charge in [-0.3, -0.25) is 9.78 Å². The molecule has 0 aliphatic rings. The van der Waals surface area contributed by atoms with Gasteiger partial charge in [-0.2, -0.15) is 0 Å². The number of rotatable bonds is 8. The molecule has 1 amide bonds. The van der Waals surface area contributed by atoms with Crippen LogP contribution in [0.3, 0.4) is 0 Å². The van der Waals surface area contributed by atoms with Crippen LogP contribution in [0.2, 0.25) is 0 Å². The van der Waals surface area contributed by atoms with Crippen molar-refractivity contribution in [2.45, 2.75) is 19.3 Å². The fourth-order valence-corrected chi connectivity index (χ4v) is 3.66. The topological polar surface area (TPSA) is 55.3 Å². The monoisotopic (exact) mass is 381 g/mol. The third-order valence-corrected chi connectivity index (χ3v) is 5.35. The summed E-state index contributed by atoms with van der Waals surface area (Å²) >= 11 is 1.60. The number of hydrogen-bond acceptors (Lipinski definition) is 5. The zero-order chi connectivity index (χ0) is 19.1. The molecule has 0 aliphatic heterocycles. The van der Waals surface area contributed by atoms with Crippen LogP contribution in [-0.4, -0.2) is 41.5 Å². The molecule has 6 heteroatoms. The van der Waals surface area contributed by atoms with Gasteiger partial charge in [-0.1, -0.05) is 18.2 Å². The minimum absolute atomic E-state index is 0.128. The lowest BCUT2D eigenvalue weighted by molar-refractivity contribution is -0.129. The minimum atomic E-state index is 0.128. The molecule has 0 saturated carbocycles. The maximum Gasteiger partial charge on any atom is 0.222 e. The van der Waals surface area contributed by atoms with Crippen molar-refractivity contribution in [1.29, 1.82) is 0 Å². The molecule has 27 heavy (non-hydrogen) atoms. The van der Waals surface area contributed by atoms with Crippen LogP contribution >= 0.6 is 11.3 Å². The Bertz CT molecular complexity index is 880. The second-order valence-electron chi connectivity index (χ2n) is 6.26. The highest BCUT2D eigenvalue weighted by Crippen LogP contribution is 2.23. The largest absolute Gasteiger partial charge is 0.496 e. The summed E-state index contributed by atoms with van der Waals surface area (Å²) in [6.45, 7) is 0.665. The van der Waals surface area contributed by atoms with Gasteiger partial charge in [-0.05, 0) is 36.6 Å². The number of benzene rings is 1. The average Bonchev–Trinajstić information content (AvgIpc) is 3.20. The fourth-order valence-electron chi connectivity index (χ4n) is 2.80. The van der Waals surface area contributed by atoms with Crippen molar-refractivity contribution in [3.05, 3.63) is 65.4 Å². The molecule has 0 radical (unpaired) electrons. The molecule has 1 aromatic carbocycles. The van der Waals surface area contributed by atoms with Crippen LogP contribution < -0.4 is 4.74 Å². The Labute approximate surface area is 163 Å². The van der Waals surface area contributed by atoms with E-state index in [4.69, 9.17) is 4.74 Å². The summed E-state index contributed by atoms with van der Waals surface area (Å²) in [5, 5.41) is 2.99. The summed E-state index contributed by atoms with van der Waals surface area (Å²) in [5.74, 6) is 0.993. The summed E-state index contributed by atoms with van der Waals surface area (Å²) in [6.07, 6.45) is 5.41. The molecule has 0 spiro atoms. The lowest BCUT2D eigenvalue weighted by Crippen LogP contribution is -2.29. The van der Waals surface area contributed by atoms with E-state index in [1.165, 1.54) is 0 Å². The van der Waals surface area contributed by atoms with Crippen molar-refractivity contribution in [1.82, 2.24) is 14.9 Å². The minimum Gasteiger partial charge on any atom is -0.496 e. The molecule has 0 bridgehead atoms. The molecule has 140 valence electrons. The molecule has 0 atom stereocenters. The molecule has 0 saturated heterocycles. The van der Waals surface area contributed by atoms with E-state index in [1.807, 2.05) is 48.8 Å². The summed E-state index contributed by atoms with van der Waals surface area (Å²) in [4.78, 5) is 22.9. The van der Waals surface area contributed by atoms with Gasteiger partial charge >= 0.3 is 0 Å². The Morgan fingerprint density at radius 2 is 1.93 bits per heavy atom. The van der Waals surface area contributed by atoms with Crippen LogP contribution in [0.25, 0.3) is 10.6 Å². The number of aryl methyl sites for hydroxylation is 1. The fraction of sp³-hybridized carbons (Fsp3) is 0.286. The van der Waals surface area contributed by atoms with Crippen molar-refractivity contribution in [2.24, 2.45) is 0 Å². The summed E-state index contributed by atoms with van der Waals surface area (Å²) in [6, 6.07) is 11.8. The molecule has 2 heterocycles. The molecule has 2 aromatic heterocycles. The summed E-state index contributed by atoms with van der Waals surface area (Å²) in [7, 11) is 3.52. The first-order valence-electron chi connectivity index (χ1n) is 8.88. The van der Waals surface area contributed by atoms with E-state index >= 15 is 0 Å². The Morgan fingerprint density at radius 3 is 2.70 bits per heavy atom. The molecule has 3 rings (SSSR count). The average molecular weight is 382 g/mol. The Hall–Kier alpha value is -2.73. The van der Waals surface area contributed by atoms with E-state index < -0.39 is 0 Å². The first kappa shape index (κ1) is 19.0. The van der Waals surface area contributed by atoms with Crippen LogP contribution in [0.1, 0.15) is 17.7 Å². The third-order valence-electron chi connectivity index (χ3n) is 4.41. The SMILES string of the molecule is COc1ccccc1CCN(C)C(=O)CCc1csc(-c2ccncc2)n1. The molecule has 0 N–H and O–H groups in total. The zero-order valence-electron chi connectivity index (χ0n) is 15.6. The molecular formula is C21H23N3O2S. The number of nitrogens with zero attached hydrogens (tertiary/aromatic N) is 3. The van der Waals surface area contributed by atoms with E-state index in [2.05, 4.69) is 9.97 Å². The molecule has 5 nitrogen and oxygen atoms in total. The van der Waals surface area contributed by atoms with Crippen LogP contribution in [0.4, 0.5) is 0 Å². The number of carbonyl (C=O) groups is 1. The van der Waals surface area contributed by atoms with Crippen molar-refractivity contribution in [3.8, 4) is 16.3 Å². The van der Waals surface area contributed by atoms with Gasteiger partial charge in [0.1, 0.15) is 10.8 Å². The number of ether oxygens (including phenoxy) is 1. The standard InChI is InChI=1S/C21H23N3O2S/c1-24(14-11-16-5-3-4-6-19(16)26-2)20(25)8-7-18-15-27-21(23-18)17-9-12-22-13-10-17/h3-6,9-10,12-13,15H,7-8,11,14H2,1-2H3. The lowest BCUT2D eigenvalue weighted by atomic mass is 10.1. The normalized spacial score (nSPS) is 10.6. The van der Waals surface area contributed by atoms with Crippen LogP contribution in [0.5, 0.6) is 5.75 Å². The third kappa shape index (κ3) is 5.14. The second-order valence-corrected chi connectivity index (χ2v) is 7.12. The van der Waals surface area contributed by atoms with Crippen LogP contribution in [0, 0.1) is 0 Å². The van der Waals surface area contributed by atoms with E-state index in [1.54, 1.807) is 35.7 Å². The van der Waals surface area contributed by atoms with Gasteiger partial charge in [0, 0.05) is 43.4 Å². The Morgan fingerprint density at radius 1 is 1.15 bits per heavy atom. The number of thiazole rings is 1.